The van der Waals surface area contributed by atoms with Crippen LogP contribution in [0.15, 0.2) is 91.6 Å². The molecule has 0 aliphatic carbocycles. The molecule has 49 heavy (non-hydrogen) atoms. The third kappa shape index (κ3) is 7.26. The summed E-state index contributed by atoms with van der Waals surface area (Å²) in [7, 11) is 0. The zero-order chi connectivity index (χ0) is 34.5. The van der Waals surface area contributed by atoms with Crippen LogP contribution in [0, 0.1) is 0 Å². The summed E-state index contributed by atoms with van der Waals surface area (Å²) in [6, 6.07) is 20.5. The molecule has 3 aromatic carbocycles. The minimum atomic E-state index is -0.917. The van der Waals surface area contributed by atoms with Crippen molar-refractivity contribution in [3.8, 4) is 5.75 Å². The number of aromatic hydroxyl groups is 1. The number of phenols is 1. The summed E-state index contributed by atoms with van der Waals surface area (Å²) >= 11 is 0. The first-order chi connectivity index (χ1) is 23.7. The number of urea groups is 1. The fourth-order valence-corrected chi connectivity index (χ4v) is 6.55. The van der Waals surface area contributed by atoms with Crippen LogP contribution in [0.25, 0.3) is 10.9 Å². The number of carbonyl (C=O) groups excluding carboxylic acids is 4. The van der Waals surface area contributed by atoms with Gasteiger partial charge in [-0.15, -0.1) is 6.58 Å². The number of esters is 1. The van der Waals surface area contributed by atoms with E-state index in [9.17, 15) is 24.3 Å². The molecule has 2 atom stereocenters. The Balaban J connectivity index is 1.36. The topological polar surface area (TPSA) is 141 Å². The van der Waals surface area contributed by atoms with Crippen LogP contribution in [0.4, 0.5) is 4.79 Å². The molecule has 254 valence electrons. The van der Waals surface area contributed by atoms with Crippen LogP contribution in [0.3, 0.4) is 0 Å². The Morgan fingerprint density at radius 3 is 2.55 bits per heavy atom. The van der Waals surface area contributed by atoms with Gasteiger partial charge in [0.25, 0.3) is 0 Å². The summed E-state index contributed by atoms with van der Waals surface area (Å²) in [5.41, 5.74) is 3.28. The molecule has 6 rings (SSSR count). The Morgan fingerprint density at radius 1 is 1.04 bits per heavy atom. The monoisotopic (exact) mass is 665 g/mol. The van der Waals surface area contributed by atoms with Gasteiger partial charge in [0.15, 0.2) is 0 Å². The fraction of sp³-hybridized carbons (Fsp3) is 0.306. The van der Waals surface area contributed by atoms with Crippen LogP contribution in [0.5, 0.6) is 5.75 Å². The predicted molar refractivity (Wildman–Crippen MR) is 180 cm³/mol. The highest BCUT2D eigenvalue weighted by atomic mass is 16.5. The summed E-state index contributed by atoms with van der Waals surface area (Å²) in [5, 5.41) is 21.5. The van der Waals surface area contributed by atoms with Crippen LogP contribution < -0.4 is 5.32 Å². The smallest absolute Gasteiger partial charge is 0.334 e. The van der Waals surface area contributed by atoms with Crippen LogP contribution >= 0.6 is 0 Å². The number of aromatic nitrogens is 2. The highest BCUT2D eigenvalue weighted by Crippen LogP contribution is 2.31. The molecule has 0 unspecified atom stereocenters. The Hall–Kier alpha value is -5.69. The number of amides is 4. The summed E-state index contributed by atoms with van der Waals surface area (Å²) in [6.07, 6.45) is 2.73. The second kappa shape index (κ2) is 14.6. The van der Waals surface area contributed by atoms with Crippen molar-refractivity contribution in [2.75, 3.05) is 26.2 Å². The zero-order valence-corrected chi connectivity index (χ0v) is 27.3. The number of carbonyl (C=O) groups is 4. The van der Waals surface area contributed by atoms with Gasteiger partial charge < -0.3 is 25.0 Å². The van der Waals surface area contributed by atoms with Crippen molar-refractivity contribution in [3.05, 3.63) is 108 Å². The average molecular weight is 666 g/mol. The molecule has 0 spiro atoms. The lowest BCUT2D eigenvalue weighted by molar-refractivity contribution is -0.189. The van der Waals surface area contributed by atoms with E-state index in [1.54, 1.807) is 56.1 Å². The third-order valence-corrected chi connectivity index (χ3v) is 8.74. The van der Waals surface area contributed by atoms with E-state index < -0.39 is 18.2 Å². The van der Waals surface area contributed by atoms with Crippen molar-refractivity contribution in [2.45, 2.75) is 45.2 Å². The molecule has 13 nitrogen and oxygen atoms in total. The summed E-state index contributed by atoms with van der Waals surface area (Å²) in [4.78, 5) is 57.0. The Kier molecular flexibility index (Phi) is 9.90. The number of rotatable bonds is 11. The molecule has 2 saturated heterocycles. The van der Waals surface area contributed by atoms with Gasteiger partial charge in [-0.25, -0.2) is 14.8 Å². The van der Waals surface area contributed by atoms with Crippen molar-refractivity contribution in [1.82, 2.24) is 34.9 Å². The van der Waals surface area contributed by atoms with E-state index in [0.717, 1.165) is 27.6 Å². The first-order valence-corrected chi connectivity index (χ1v) is 16.1. The lowest BCUT2D eigenvalue weighted by Crippen LogP contribution is -2.76. The van der Waals surface area contributed by atoms with Crippen LogP contribution in [-0.4, -0.2) is 97.0 Å². The molecule has 0 radical (unpaired) electrons. The normalized spacial score (nSPS) is 18.0. The van der Waals surface area contributed by atoms with Gasteiger partial charge in [0.05, 0.1) is 31.3 Å². The second-order valence-corrected chi connectivity index (χ2v) is 12.1. The fourth-order valence-electron chi connectivity index (χ4n) is 6.55. The van der Waals surface area contributed by atoms with Crippen molar-refractivity contribution < 1.29 is 29.0 Å². The second-order valence-electron chi connectivity index (χ2n) is 12.1. The van der Waals surface area contributed by atoms with Gasteiger partial charge in [0, 0.05) is 38.4 Å². The molecule has 2 N–H and O–H groups in total. The summed E-state index contributed by atoms with van der Waals surface area (Å²) < 4.78 is 6.91. The molecule has 2 aliphatic heterocycles. The first kappa shape index (κ1) is 33.2. The molecule has 2 fully saturated rings. The number of nitrogens with zero attached hydrogens (tertiary/aromatic N) is 6. The summed E-state index contributed by atoms with van der Waals surface area (Å²) in [5.74, 6) is -0.833. The lowest BCUT2D eigenvalue weighted by Gasteiger charge is -2.55. The molecule has 2 aliphatic rings. The van der Waals surface area contributed by atoms with Crippen LogP contribution in [-0.2, 0) is 45.2 Å². The average Bonchev–Trinajstić information content (AvgIpc) is 3.51. The largest absolute Gasteiger partial charge is 0.508 e. The molecule has 0 saturated carbocycles. The number of nitrogens with one attached hydrogen (secondary N) is 1. The van der Waals surface area contributed by atoms with Crippen molar-refractivity contribution >= 4 is 34.7 Å². The van der Waals surface area contributed by atoms with Crippen molar-refractivity contribution in [1.29, 1.82) is 0 Å². The van der Waals surface area contributed by atoms with Gasteiger partial charge in [-0.1, -0.05) is 66.7 Å². The molecule has 4 amide bonds. The quantitative estimate of drug-likeness (QED) is 0.184. The Morgan fingerprint density at radius 2 is 1.82 bits per heavy atom. The van der Waals surface area contributed by atoms with Gasteiger partial charge in [-0.2, -0.15) is 5.10 Å². The molecule has 1 aromatic heterocycles. The molecular formula is C36H39N7O6. The molecule has 4 aromatic rings. The number of phenolic OH excluding ortho intramolecular Hbond substituents is 1. The minimum absolute atomic E-state index is 0.0566. The molecule has 3 heterocycles. The zero-order valence-electron chi connectivity index (χ0n) is 27.3. The number of hydrogen-bond acceptors (Lipinski definition) is 8. The molecule has 13 heteroatoms. The maximum Gasteiger partial charge on any atom is 0.334 e. The molecular weight excluding hydrogens is 626 g/mol. The number of hydrogen-bond donors (Lipinski definition) is 2. The number of hydrazine groups is 1. The van der Waals surface area contributed by atoms with E-state index >= 15 is 0 Å². The number of fused-ring (bicyclic) bond motifs is 2. The lowest BCUT2D eigenvalue weighted by atomic mass is 9.98. The maximum absolute atomic E-state index is 14.5. The standard InChI is InChI=1S/C36H39N7O6/c1-3-16-40-24-33(46)42-31(19-26-12-14-30(45)15-13-26)35(47)39(23-32(42)43(40)36(48)37-20-27-8-5-4-6-9-27)22-29-11-7-10-28-21-38-41(34(28)29)17-18-49-25(2)44/h3-15,21,31-32,45H,1,16-20,22-24H2,2H3,(H,37,48)/t31-,32-/m0/s1. The number of piperazine rings is 1. The summed E-state index contributed by atoms with van der Waals surface area (Å²) in [6.45, 7) is 6.32. The Labute approximate surface area is 283 Å². The van der Waals surface area contributed by atoms with Gasteiger partial charge in [0.2, 0.25) is 11.8 Å². The molecule has 0 bridgehead atoms. The van der Waals surface area contributed by atoms with Crippen LogP contribution in [0.1, 0.15) is 23.6 Å². The maximum atomic E-state index is 14.5. The van der Waals surface area contributed by atoms with Gasteiger partial charge in [-0.05, 0) is 28.8 Å². The van der Waals surface area contributed by atoms with Gasteiger partial charge >= 0.3 is 12.0 Å². The van der Waals surface area contributed by atoms with E-state index in [1.165, 1.54) is 11.8 Å². The van der Waals surface area contributed by atoms with Crippen molar-refractivity contribution in [3.63, 3.8) is 0 Å². The van der Waals surface area contributed by atoms with E-state index in [0.29, 0.717) is 6.54 Å². The number of para-hydroxylation sites is 1. The number of ether oxygens (including phenoxy) is 1. The highest BCUT2D eigenvalue weighted by Gasteiger charge is 2.51. The van der Waals surface area contributed by atoms with Crippen molar-refractivity contribution in [2.24, 2.45) is 0 Å². The van der Waals surface area contributed by atoms with E-state index in [2.05, 4.69) is 17.0 Å². The van der Waals surface area contributed by atoms with E-state index in [4.69, 9.17) is 4.74 Å². The van der Waals surface area contributed by atoms with E-state index in [1.807, 2.05) is 48.5 Å². The Bertz CT molecular complexity index is 1840. The third-order valence-electron chi connectivity index (χ3n) is 8.74. The van der Waals surface area contributed by atoms with Gasteiger partial charge in [-0.3, -0.25) is 19.1 Å². The highest BCUT2D eigenvalue weighted by molar-refractivity contribution is 5.92. The predicted octanol–water partition coefficient (Wildman–Crippen LogP) is 3.04. The first-order valence-electron chi connectivity index (χ1n) is 16.1. The number of benzene rings is 3. The van der Waals surface area contributed by atoms with E-state index in [-0.39, 0.29) is 69.3 Å². The SMILES string of the molecule is C=CCN1CC(=O)N2[C@@H](Cc3ccc(O)cc3)C(=O)N(Cc3cccc4cnn(CCOC(C)=O)c34)C[C@@H]2N1C(=O)NCc1ccccc1. The van der Waals surface area contributed by atoms with Gasteiger partial charge in [0.1, 0.15) is 24.6 Å². The minimum Gasteiger partial charge on any atom is -0.508 e. The van der Waals surface area contributed by atoms with Crippen LogP contribution in [0.2, 0.25) is 0 Å².